The van der Waals surface area contributed by atoms with E-state index in [2.05, 4.69) is 17.6 Å². The van der Waals surface area contributed by atoms with Gasteiger partial charge in [0.05, 0.1) is 43.5 Å². The average Bonchev–Trinajstić information content (AvgIpc) is 3.61. The van der Waals surface area contributed by atoms with Crippen LogP contribution in [0.3, 0.4) is 0 Å². The van der Waals surface area contributed by atoms with Crippen LogP contribution in [0.2, 0.25) is 0 Å². The fraction of sp³-hybridized carbons (Fsp3) is 0.462. The first kappa shape index (κ1) is 49.0. The monoisotopic (exact) mass is 966 g/mol. The van der Waals surface area contributed by atoms with Crippen LogP contribution in [0.15, 0.2) is 95.9 Å². The van der Waals surface area contributed by atoms with E-state index in [0.29, 0.717) is 71.8 Å². The van der Waals surface area contributed by atoms with E-state index in [0.717, 1.165) is 47.5 Å². The number of aliphatic hydroxyl groups is 1. The van der Waals surface area contributed by atoms with Gasteiger partial charge in [-0.3, -0.25) is 14.4 Å². The zero-order valence-electron chi connectivity index (χ0n) is 38.7. The van der Waals surface area contributed by atoms with Crippen molar-refractivity contribution in [3.05, 3.63) is 113 Å². The van der Waals surface area contributed by atoms with Crippen molar-refractivity contribution < 1.29 is 50.6 Å². The number of phenols is 1. The number of carbonyl (C=O) groups is 3. The summed E-state index contributed by atoms with van der Waals surface area (Å²) in [6, 6.07) is 25.4. The molecule has 16 heteroatoms. The van der Waals surface area contributed by atoms with Gasteiger partial charge in [0.2, 0.25) is 22.8 Å². The highest BCUT2D eigenvalue weighted by Crippen LogP contribution is 2.62. The molecule has 0 radical (unpaired) electrons. The van der Waals surface area contributed by atoms with E-state index in [-0.39, 0.29) is 77.9 Å². The third-order valence-corrected chi connectivity index (χ3v) is 17.6. The molecule has 2 saturated carbocycles. The number of para-hydroxylation sites is 2. The number of carbonyl (C=O) groups excluding carboxylic acids is 3. The summed E-state index contributed by atoms with van der Waals surface area (Å²) in [4.78, 5) is 41.3. The van der Waals surface area contributed by atoms with Crippen LogP contribution in [0.5, 0.6) is 5.75 Å². The van der Waals surface area contributed by atoms with Crippen molar-refractivity contribution in [2.75, 3.05) is 18.8 Å². The molecule has 0 spiro atoms. The van der Waals surface area contributed by atoms with Gasteiger partial charge >= 0.3 is 0 Å². The zero-order valence-corrected chi connectivity index (χ0v) is 40.4. The van der Waals surface area contributed by atoms with Crippen LogP contribution < -0.4 is 15.2 Å². The Balaban J connectivity index is 0.881. The summed E-state index contributed by atoms with van der Waals surface area (Å²) in [6.45, 7) is 4.28. The summed E-state index contributed by atoms with van der Waals surface area (Å²) < 4.78 is 65.8. The van der Waals surface area contributed by atoms with E-state index in [1.807, 2.05) is 17.6 Å². The summed E-state index contributed by atoms with van der Waals surface area (Å²) in [7, 11) is -8.89. The van der Waals surface area contributed by atoms with Crippen LogP contribution in [0.4, 0.5) is 0 Å². The zero-order chi connectivity index (χ0) is 48.4. The maximum Gasteiger partial charge on any atom is 0.269 e. The van der Waals surface area contributed by atoms with Gasteiger partial charge in [0, 0.05) is 50.2 Å². The Morgan fingerprint density at radius 3 is 2.18 bits per heavy atom. The van der Waals surface area contributed by atoms with Crippen molar-refractivity contribution in [1.29, 1.82) is 0 Å². The second-order valence-corrected chi connectivity index (χ2v) is 22.7. The van der Waals surface area contributed by atoms with Crippen molar-refractivity contribution in [2.24, 2.45) is 17.3 Å². The highest BCUT2D eigenvalue weighted by Gasteiger charge is 2.55. The van der Waals surface area contributed by atoms with Gasteiger partial charge in [-0.1, -0.05) is 61.4 Å². The molecular formula is C52H62N4O10S2. The summed E-state index contributed by atoms with van der Waals surface area (Å²) in [5.74, 6) is -0.477. The molecule has 68 heavy (non-hydrogen) atoms. The molecule has 0 aliphatic heterocycles. The van der Waals surface area contributed by atoms with Gasteiger partial charge in [-0.25, -0.2) is 21.1 Å². The summed E-state index contributed by atoms with van der Waals surface area (Å²) in [6.07, 6.45) is 6.46. The number of hydrogen-bond acceptors (Lipinski definition) is 10. The molecule has 1 heterocycles. The Kier molecular flexibility index (Phi) is 14.6. The maximum absolute atomic E-state index is 14.9. The number of nitrogens with one attached hydrogen (secondary N) is 2. The Morgan fingerprint density at radius 1 is 0.809 bits per heavy atom. The van der Waals surface area contributed by atoms with E-state index in [1.54, 1.807) is 72.8 Å². The summed E-state index contributed by atoms with van der Waals surface area (Å²) in [5, 5.41) is 28.4. The van der Waals surface area contributed by atoms with Gasteiger partial charge in [-0.05, 0) is 129 Å². The van der Waals surface area contributed by atoms with Crippen molar-refractivity contribution in [2.45, 2.75) is 120 Å². The number of hydrogen-bond donors (Lipinski definition) is 4. The van der Waals surface area contributed by atoms with E-state index in [1.165, 1.54) is 17.7 Å². The minimum atomic E-state index is -4.47. The Bertz CT molecular complexity index is 2870. The summed E-state index contributed by atoms with van der Waals surface area (Å²) in [5.41, 5.74) is 4.13. The van der Waals surface area contributed by atoms with Gasteiger partial charge in [0.1, 0.15) is 5.75 Å². The molecule has 3 aliphatic carbocycles. The lowest BCUT2D eigenvalue weighted by Crippen LogP contribution is -2.46. The van der Waals surface area contributed by atoms with Gasteiger partial charge in [0.25, 0.3) is 15.9 Å². The van der Waals surface area contributed by atoms with Crippen LogP contribution in [0.25, 0.3) is 21.8 Å². The maximum atomic E-state index is 14.9. The fourth-order valence-electron chi connectivity index (χ4n) is 11.5. The minimum Gasteiger partial charge on any atom is -0.748 e. The predicted octanol–water partition coefficient (Wildman–Crippen LogP) is 7.05. The molecule has 8 rings (SSSR count). The lowest BCUT2D eigenvalue weighted by atomic mass is 9.54. The first-order valence-corrected chi connectivity index (χ1v) is 27.0. The summed E-state index contributed by atoms with van der Waals surface area (Å²) >= 11 is 0. The van der Waals surface area contributed by atoms with Gasteiger partial charge in [-0.15, -0.1) is 0 Å². The molecule has 362 valence electrons. The smallest absolute Gasteiger partial charge is 0.269 e. The molecule has 1 aromatic heterocycles. The molecule has 4 N–H and O–H groups in total. The third-order valence-electron chi connectivity index (χ3n) is 15.0. The lowest BCUT2D eigenvalue weighted by Gasteiger charge is -2.51. The first-order chi connectivity index (χ1) is 32.5. The Labute approximate surface area is 398 Å². The van der Waals surface area contributed by atoms with Gasteiger partial charge < -0.3 is 25.4 Å². The highest BCUT2D eigenvalue weighted by atomic mass is 32.2. The van der Waals surface area contributed by atoms with Gasteiger partial charge in [0.15, 0.2) is 6.54 Å². The van der Waals surface area contributed by atoms with Crippen molar-refractivity contribution in [1.82, 2.24) is 14.9 Å². The average molecular weight is 967 g/mol. The van der Waals surface area contributed by atoms with E-state index >= 15 is 0 Å². The standard InChI is InChI=1S/C52H62N4O10S2/c1-34-18-21-36(22-19-34)68(65,66)56(51(61)50-39-12-5-7-14-45(39)55(29-11-31-67(62,63)64)46-15-8-6-13-40(46)50)30-10-17-48(59)53-28-9-3-4-16-49(60)54-44-33-41-38(37-23-20-35(57)32-42(37)44)26-27-52(2)43(41)24-25-47(52)58/h5-8,12-15,18-23,32,38,41,43-44,47,58H,3-4,9-11,16-17,24-31,33H2,1-2H3,(H3-,53,54,57,59,60,62,63,64)/t38-,41-,43+,44+,47+,52+/m1/s1. The van der Waals surface area contributed by atoms with Crippen LogP contribution in [0, 0.1) is 24.2 Å². The number of fused-ring (bicyclic) bond motifs is 7. The number of aliphatic hydroxyl groups excluding tert-OH is 1. The van der Waals surface area contributed by atoms with Crippen LogP contribution in [-0.2, 0) is 36.3 Å². The topological polar surface area (TPSA) is 214 Å². The molecule has 0 unspecified atom stereocenters. The number of pyridine rings is 1. The molecule has 14 nitrogen and oxygen atoms in total. The van der Waals surface area contributed by atoms with E-state index in [9.17, 15) is 46.0 Å². The molecule has 0 saturated heterocycles. The number of rotatable bonds is 18. The largest absolute Gasteiger partial charge is 0.748 e. The molecule has 0 bridgehead atoms. The highest BCUT2D eigenvalue weighted by molar-refractivity contribution is 7.89. The normalized spacial score (nSPS) is 22.3. The number of sulfonamides is 1. The molecule has 5 aromatic rings. The molecular weight excluding hydrogens is 905 g/mol. The quantitative estimate of drug-likeness (QED) is 0.0304. The number of benzene rings is 4. The number of aryl methyl sites for hydroxylation is 2. The SMILES string of the molecule is Cc1ccc(S(=O)(=O)N(CCCC(=O)NCCCCCC(=O)N[C@H]2C[C@@H]3[C@H](CC[C@]4(C)[C@@H](O)CC[C@@H]34)c3ccc(O)cc32)C(=O)c2c3ccccc3[n+](CCCS(=O)(=O)[O-])c3ccccc23)cc1. The van der Waals surface area contributed by atoms with Crippen molar-refractivity contribution >= 4 is 59.7 Å². The second kappa shape index (κ2) is 20.3. The number of phenolic OH excluding ortho intramolecular Hbond substituents is 1. The molecule has 3 amide bonds. The molecule has 2 fully saturated rings. The van der Waals surface area contributed by atoms with Crippen LogP contribution in [-0.4, -0.2) is 78.6 Å². The minimum absolute atomic E-state index is 0.0308. The molecule has 6 atom stereocenters. The third kappa shape index (κ3) is 10.3. The number of aromatic nitrogens is 1. The fourth-order valence-corrected chi connectivity index (χ4v) is 13.4. The van der Waals surface area contributed by atoms with Crippen molar-refractivity contribution in [3.8, 4) is 5.75 Å². The van der Waals surface area contributed by atoms with Crippen molar-refractivity contribution in [3.63, 3.8) is 0 Å². The second-order valence-electron chi connectivity index (χ2n) is 19.3. The number of aromatic hydroxyl groups is 1. The van der Waals surface area contributed by atoms with E-state index in [4.69, 9.17) is 0 Å². The Hall–Kier alpha value is -5.42. The Morgan fingerprint density at radius 2 is 1.49 bits per heavy atom. The van der Waals surface area contributed by atoms with Crippen LogP contribution in [0.1, 0.15) is 123 Å². The predicted molar refractivity (Wildman–Crippen MR) is 257 cm³/mol. The first-order valence-electron chi connectivity index (χ1n) is 23.9. The number of unbranched alkanes of at least 4 members (excludes halogenated alkanes) is 2. The number of nitrogens with zero attached hydrogens (tertiary/aromatic N) is 2. The van der Waals surface area contributed by atoms with E-state index < -0.39 is 31.8 Å². The molecule has 3 aliphatic rings. The lowest BCUT2D eigenvalue weighted by molar-refractivity contribution is -0.645. The van der Waals surface area contributed by atoms with Crippen LogP contribution >= 0.6 is 0 Å². The van der Waals surface area contributed by atoms with Gasteiger partial charge in [-0.2, -0.15) is 4.57 Å². The number of amides is 3. The molecule has 4 aromatic carbocycles.